The van der Waals surface area contributed by atoms with Crippen LogP contribution < -0.4 is 10.2 Å². The van der Waals surface area contributed by atoms with Crippen LogP contribution >= 0.6 is 0 Å². The standard InChI is InChI=1S/C36H29FN4O2/c1-24-20-28(25(2)41(24)30-16-18-31(19-17-30)43-23-26-12-14-29(37)15-13-26)22-38-40-36(42)33-21-35(27-8-4-3-5-9-27)39-34-11-7-6-10-32(33)34/h3-22H,23H2,1-2H3,(H,40,42)/b38-22-. The molecule has 0 saturated heterocycles. The lowest BCUT2D eigenvalue weighted by molar-refractivity contribution is 0.0956. The van der Waals surface area contributed by atoms with Crippen molar-refractivity contribution in [3.05, 3.63) is 149 Å². The molecule has 4 aromatic carbocycles. The van der Waals surface area contributed by atoms with Gasteiger partial charge in [-0.05, 0) is 74.0 Å². The van der Waals surface area contributed by atoms with Gasteiger partial charge in [-0.25, -0.2) is 14.8 Å². The van der Waals surface area contributed by atoms with Crippen LogP contribution in [0.3, 0.4) is 0 Å². The summed E-state index contributed by atoms with van der Waals surface area (Å²) in [5.74, 6) is 0.147. The van der Waals surface area contributed by atoms with Crippen LogP contribution in [0.4, 0.5) is 4.39 Å². The largest absolute Gasteiger partial charge is 0.489 e. The second-order valence-electron chi connectivity index (χ2n) is 10.2. The number of ether oxygens (including phenoxy) is 1. The van der Waals surface area contributed by atoms with Gasteiger partial charge in [0.1, 0.15) is 18.2 Å². The minimum absolute atomic E-state index is 0.267. The Hall–Kier alpha value is -5.56. The fraction of sp³-hybridized carbons (Fsp3) is 0.0833. The number of hydrogen-bond acceptors (Lipinski definition) is 4. The van der Waals surface area contributed by atoms with Crippen LogP contribution in [0, 0.1) is 19.7 Å². The number of halogens is 1. The maximum absolute atomic E-state index is 13.3. The van der Waals surface area contributed by atoms with E-state index in [1.807, 2.05) is 98.8 Å². The van der Waals surface area contributed by atoms with Gasteiger partial charge in [0.05, 0.1) is 23.0 Å². The highest BCUT2D eigenvalue weighted by molar-refractivity contribution is 6.07. The number of nitrogens with one attached hydrogen (secondary N) is 1. The number of hydrazone groups is 1. The van der Waals surface area contributed by atoms with E-state index in [2.05, 4.69) is 15.1 Å². The number of hydrogen-bond donors (Lipinski definition) is 1. The third-order valence-corrected chi connectivity index (χ3v) is 7.28. The first-order valence-electron chi connectivity index (χ1n) is 13.9. The molecule has 1 N–H and O–H groups in total. The molecule has 0 unspecified atom stereocenters. The maximum Gasteiger partial charge on any atom is 0.272 e. The van der Waals surface area contributed by atoms with Gasteiger partial charge in [-0.3, -0.25) is 4.79 Å². The van der Waals surface area contributed by atoms with Gasteiger partial charge in [-0.2, -0.15) is 5.10 Å². The van der Waals surface area contributed by atoms with Crippen molar-refractivity contribution >= 4 is 23.0 Å². The predicted molar refractivity (Wildman–Crippen MR) is 168 cm³/mol. The summed E-state index contributed by atoms with van der Waals surface area (Å²) in [6.07, 6.45) is 1.67. The SMILES string of the molecule is Cc1cc(/C=N\NC(=O)c2cc(-c3ccccc3)nc3ccccc23)c(C)n1-c1ccc(OCc2ccc(F)cc2)cc1. The molecule has 43 heavy (non-hydrogen) atoms. The number of pyridine rings is 1. The first kappa shape index (κ1) is 27.6. The average molecular weight is 569 g/mol. The van der Waals surface area contributed by atoms with Crippen LogP contribution in [0.5, 0.6) is 5.75 Å². The number of aryl methyl sites for hydroxylation is 1. The number of nitrogens with zero attached hydrogens (tertiary/aromatic N) is 3. The third kappa shape index (κ3) is 6.06. The normalized spacial score (nSPS) is 11.2. The van der Waals surface area contributed by atoms with Crippen LogP contribution in [-0.2, 0) is 6.61 Å². The Morgan fingerprint density at radius 1 is 0.907 bits per heavy atom. The Kier molecular flexibility index (Phi) is 7.78. The summed E-state index contributed by atoms with van der Waals surface area (Å²) in [6, 6.07) is 35.3. The highest BCUT2D eigenvalue weighted by Crippen LogP contribution is 2.25. The van der Waals surface area contributed by atoms with Gasteiger partial charge in [-0.15, -0.1) is 0 Å². The Labute approximate surface area is 249 Å². The zero-order valence-corrected chi connectivity index (χ0v) is 23.8. The fourth-order valence-corrected chi connectivity index (χ4v) is 5.10. The molecule has 2 aromatic heterocycles. The minimum Gasteiger partial charge on any atom is -0.489 e. The van der Waals surface area contributed by atoms with Crippen molar-refractivity contribution in [3.8, 4) is 22.7 Å². The van der Waals surface area contributed by atoms with Crippen LogP contribution in [0.1, 0.15) is 32.9 Å². The number of carbonyl (C=O) groups excluding carboxylic acids is 1. The quantitative estimate of drug-likeness (QED) is 0.151. The second kappa shape index (κ2) is 12.1. The highest BCUT2D eigenvalue weighted by Gasteiger charge is 2.14. The molecular formula is C36H29FN4O2. The molecule has 212 valence electrons. The Bertz CT molecular complexity index is 1930. The van der Waals surface area contributed by atoms with E-state index in [9.17, 15) is 9.18 Å². The van der Waals surface area contributed by atoms with Crippen molar-refractivity contribution in [2.24, 2.45) is 5.10 Å². The van der Waals surface area contributed by atoms with E-state index in [0.717, 1.165) is 56.1 Å². The van der Waals surface area contributed by atoms with Crippen LogP contribution in [0.25, 0.3) is 27.8 Å². The predicted octanol–water partition coefficient (Wildman–Crippen LogP) is 7.79. The fourth-order valence-electron chi connectivity index (χ4n) is 5.10. The molecule has 0 aliphatic carbocycles. The zero-order chi connectivity index (χ0) is 29.8. The minimum atomic E-state index is -0.308. The average Bonchev–Trinajstić information content (AvgIpc) is 3.32. The Morgan fingerprint density at radius 3 is 2.40 bits per heavy atom. The molecule has 6 aromatic rings. The van der Waals surface area contributed by atoms with Crippen LogP contribution in [0.15, 0.2) is 120 Å². The van der Waals surface area contributed by atoms with Gasteiger partial charge in [0.2, 0.25) is 0 Å². The summed E-state index contributed by atoms with van der Waals surface area (Å²) in [5, 5.41) is 5.07. The summed E-state index contributed by atoms with van der Waals surface area (Å²) < 4.78 is 21.1. The third-order valence-electron chi connectivity index (χ3n) is 7.28. The summed E-state index contributed by atoms with van der Waals surface area (Å²) in [7, 11) is 0. The van der Waals surface area contributed by atoms with E-state index in [0.29, 0.717) is 12.2 Å². The molecule has 0 aliphatic rings. The van der Waals surface area contributed by atoms with Gasteiger partial charge < -0.3 is 9.30 Å². The van der Waals surface area contributed by atoms with Gasteiger partial charge in [0, 0.05) is 33.6 Å². The number of amides is 1. The maximum atomic E-state index is 13.3. The summed E-state index contributed by atoms with van der Waals surface area (Å²) in [5.41, 5.74) is 10.4. The first-order valence-corrected chi connectivity index (χ1v) is 13.9. The molecule has 1 amide bonds. The van der Waals surface area contributed by atoms with E-state index in [-0.39, 0.29) is 11.7 Å². The molecule has 0 fully saturated rings. The van der Waals surface area contributed by atoms with E-state index >= 15 is 0 Å². The molecule has 0 spiro atoms. The molecule has 0 aliphatic heterocycles. The summed E-state index contributed by atoms with van der Waals surface area (Å²) >= 11 is 0. The van der Waals surface area contributed by atoms with E-state index in [4.69, 9.17) is 9.72 Å². The van der Waals surface area contributed by atoms with Gasteiger partial charge >= 0.3 is 0 Å². The zero-order valence-electron chi connectivity index (χ0n) is 23.8. The number of benzene rings is 4. The number of rotatable bonds is 8. The molecule has 6 nitrogen and oxygen atoms in total. The second-order valence-corrected chi connectivity index (χ2v) is 10.2. The van der Waals surface area contributed by atoms with Crippen molar-refractivity contribution in [2.45, 2.75) is 20.5 Å². The number of aromatic nitrogens is 2. The van der Waals surface area contributed by atoms with Crippen molar-refractivity contribution in [2.75, 3.05) is 0 Å². The van der Waals surface area contributed by atoms with Crippen LogP contribution in [0.2, 0.25) is 0 Å². The molecule has 6 rings (SSSR count). The van der Waals surface area contributed by atoms with Crippen molar-refractivity contribution in [3.63, 3.8) is 0 Å². The number of carbonyl (C=O) groups is 1. The van der Waals surface area contributed by atoms with E-state index in [1.165, 1.54) is 12.1 Å². The highest BCUT2D eigenvalue weighted by atomic mass is 19.1. The molecule has 0 saturated carbocycles. The number of fused-ring (bicyclic) bond motifs is 1. The lowest BCUT2D eigenvalue weighted by atomic mass is 10.0. The monoisotopic (exact) mass is 568 g/mol. The Balaban J connectivity index is 1.17. The molecule has 0 radical (unpaired) electrons. The van der Waals surface area contributed by atoms with Crippen molar-refractivity contribution in [1.82, 2.24) is 15.0 Å². The van der Waals surface area contributed by atoms with E-state index in [1.54, 1.807) is 24.4 Å². The lowest BCUT2D eigenvalue weighted by Crippen LogP contribution is -2.18. The van der Waals surface area contributed by atoms with Crippen molar-refractivity contribution in [1.29, 1.82) is 0 Å². The summed E-state index contributed by atoms with van der Waals surface area (Å²) in [4.78, 5) is 18.1. The molecule has 0 bridgehead atoms. The van der Waals surface area contributed by atoms with Gasteiger partial charge in [-0.1, -0.05) is 60.7 Å². The Morgan fingerprint density at radius 2 is 1.63 bits per heavy atom. The first-order chi connectivity index (χ1) is 21.0. The van der Waals surface area contributed by atoms with Gasteiger partial charge in [0.25, 0.3) is 5.91 Å². The smallest absolute Gasteiger partial charge is 0.272 e. The van der Waals surface area contributed by atoms with Gasteiger partial charge in [0.15, 0.2) is 0 Å². The molecule has 0 atom stereocenters. The topological polar surface area (TPSA) is 68.5 Å². The molecular weight excluding hydrogens is 539 g/mol. The van der Waals surface area contributed by atoms with Crippen molar-refractivity contribution < 1.29 is 13.9 Å². The molecule has 7 heteroatoms. The number of para-hydroxylation sites is 1. The lowest BCUT2D eigenvalue weighted by Gasteiger charge is -2.11. The molecule has 2 heterocycles. The van der Waals surface area contributed by atoms with E-state index < -0.39 is 0 Å². The van der Waals surface area contributed by atoms with Crippen LogP contribution in [-0.4, -0.2) is 21.7 Å². The summed E-state index contributed by atoms with van der Waals surface area (Å²) in [6.45, 7) is 4.39.